The second-order valence-electron chi connectivity index (χ2n) is 6.95. The van der Waals surface area contributed by atoms with E-state index in [4.69, 9.17) is 10.2 Å². The average molecular weight is 843 g/mol. The molecule has 0 bridgehead atoms. The first-order valence-corrected chi connectivity index (χ1v) is 12.3. The molecule has 1 heterocycles. The van der Waals surface area contributed by atoms with Crippen molar-refractivity contribution < 1.29 is 39.5 Å². The number of thiol groups is 1. The van der Waals surface area contributed by atoms with Gasteiger partial charge in [-0.05, 0) is 0 Å². The number of carbonyl (C=O) groups excluding carboxylic acids is 1. The van der Waals surface area contributed by atoms with Crippen molar-refractivity contribution in [3.05, 3.63) is 93.1 Å². The van der Waals surface area contributed by atoms with Gasteiger partial charge < -0.3 is 7.43 Å². The smallest absolute Gasteiger partial charge is 0 e. The number of hydrogen-bond acceptors (Lipinski definition) is 5. The molecule has 1 unspecified atom stereocenters. The molecule has 5 nitrogen and oxygen atoms in total. The topological polar surface area (TPSA) is 85.3 Å². The fourth-order valence-corrected chi connectivity index (χ4v) is 5.20. The van der Waals surface area contributed by atoms with Crippen molar-refractivity contribution in [1.29, 1.82) is 0 Å². The van der Waals surface area contributed by atoms with Crippen molar-refractivity contribution in [2.45, 2.75) is 12.5 Å². The second kappa shape index (κ2) is 11.1. The van der Waals surface area contributed by atoms with Crippen LogP contribution in [0.15, 0.2) is 57.8 Å². The molecule has 0 saturated heterocycles. The number of benzene rings is 2. The van der Waals surface area contributed by atoms with Crippen LogP contribution in [0.1, 0.15) is 12.0 Å². The van der Waals surface area contributed by atoms with Crippen molar-refractivity contribution >= 4 is 35.1 Å². The monoisotopic (exact) mass is 843 g/mol. The van der Waals surface area contributed by atoms with Crippen LogP contribution < -0.4 is 36.2 Å². The molecule has 189 valence electrons. The van der Waals surface area contributed by atoms with E-state index in [2.05, 4.69) is 22.2 Å². The number of nitrogens with one attached hydrogen (secondary N) is 1. The third kappa shape index (κ3) is 5.18. The largest absolute Gasteiger partial charge is 0.358 e. The molecule has 3 N–H and O–H groups in total. The van der Waals surface area contributed by atoms with Crippen LogP contribution in [0.4, 0.5) is 8.78 Å². The Balaban J connectivity index is 0.00000204. The van der Waals surface area contributed by atoms with Crippen LogP contribution >= 0.6 is 12.6 Å². The summed E-state index contributed by atoms with van der Waals surface area (Å²) < 4.78 is 38.0. The molecule has 1 atom stereocenters. The minimum Gasteiger partial charge on any atom is -0.358 e. The van der Waals surface area contributed by atoms with Crippen LogP contribution in [0.25, 0.3) is 27.9 Å². The van der Waals surface area contributed by atoms with E-state index < -0.39 is 50.5 Å². The average Bonchev–Trinajstić information content (AvgIpc) is 3.06. The summed E-state index contributed by atoms with van der Waals surface area (Å²) in [5, 5.41) is 0.428. The summed E-state index contributed by atoms with van der Waals surface area (Å²) in [5.41, 5.74) is 6.81. The number of fused-ring (bicyclic) bond motifs is 2. The van der Waals surface area contributed by atoms with E-state index in [0.29, 0.717) is 28.5 Å². The first-order valence-electron chi connectivity index (χ1n) is 9.52. The van der Waals surface area contributed by atoms with Gasteiger partial charge in [-0.3, -0.25) is 0 Å². The molecule has 2 aliphatic carbocycles. The molecule has 1 radical (unpaired) electrons. The van der Waals surface area contributed by atoms with E-state index in [1.807, 2.05) is 12.2 Å². The van der Waals surface area contributed by atoms with Crippen molar-refractivity contribution in [3.63, 3.8) is 0 Å². The van der Waals surface area contributed by atoms with Gasteiger partial charge in [-0.25, -0.2) is 0 Å². The van der Waals surface area contributed by atoms with E-state index in [1.54, 1.807) is 12.2 Å². The van der Waals surface area contributed by atoms with Gasteiger partial charge in [0, 0.05) is 0 Å². The number of hydrogen-bond donors (Lipinski definition) is 3. The molecular weight excluding hydrogens is 823 g/mol. The zero-order valence-corrected chi connectivity index (χ0v) is 23.0. The van der Waals surface area contributed by atoms with Gasteiger partial charge >= 0.3 is 199 Å². The first-order chi connectivity index (χ1) is 15.4. The van der Waals surface area contributed by atoms with Crippen molar-refractivity contribution in [1.82, 2.24) is 3.53 Å². The zero-order chi connectivity index (χ0) is 22.8. The molecule has 1 amide bonds. The predicted molar refractivity (Wildman–Crippen MR) is 124 cm³/mol. The van der Waals surface area contributed by atoms with Gasteiger partial charge in [0.05, 0.1) is 0 Å². The van der Waals surface area contributed by atoms with Crippen LogP contribution in [0.3, 0.4) is 0 Å². The molecule has 1 aromatic rings. The summed E-state index contributed by atoms with van der Waals surface area (Å²) in [6.45, 7) is 0. The Kier molecular flexibility index (Phi) is 8.72. The van der Waals surface area contributed by atoms with E-state index in [0.717, 1.165) is 17.7 Å². The van der Waals surface area contributed by atoms with Gasteiger partial charge in [-0.15, -0.1) is 0 Å². The van der Waals surface area contributed by atoms with Crippen LogP contribution in [-0.2, 0) is 4.79 Å². The molecule has 1 aliphatic heterocycles. The number of rotatable bonds is 5. The van der Waals surface area contributed by atoms with E-state index >= 15 is 4.39 Å². The zero-order valence-electron chi connectivity index (χ0n) is 17.8. The normalized spacial score (nSPS) is 13.7. The number of halogens is 3. The molecule has 34 heavy (non-hydrogen) atoms. The molecule has 10 heteroatoms. The van der Waals surface area contributed by atoms with E-state index in [1.165, 1.54) is 12.1 Å². The molecule has 1 aromatic carbocycles. The standard InChI is InChI=1S/C23H17F2IN2O3S.CH3.Lr/c24-15-7-13-20(9-17(15)26-28-23(30)18(27)11-32)31-21-10-19(29)16(25)8-14(21)22(13)12-5-3-1-2-4-6-12;;/h1,3,5-10,18,32H,4,11,27H2,(H,28,30);1H3;/q-2;-1;. The van der Waals surface area contributed by atoms with Crippen molar-refractivity contribution in [2.75, 3.05) is 5.75 Å². The number of allylic oxidation sites excluding steroid dienone is 6. The van der Waals surface area contributed by atoms with Crippen molar-refractivity contribution in [3.8, 4) is 11.3 Å². The molecule has 0 fully saturated rings. The summed E-state index contributed by atoms with van der Waals surface area (Å²) >= 11 is 2.74. The van der Waals surface area contributed by atoms with Gasteiger partial charge in [-0.2, -0.15) is 0 Å². The predicted octanol–water partition coefficient (Wildman–Crippen LogP) is 0.876. The van der Waals surface area contributed by atoms with E-state index in [-0.39, 0.29) is 22.5 Å². The van der Waals surface area contributed by atoms with Gasteiger partial charge in [0.2, 0.25) is 0 Å². The maximum absolute atomic E-state index is 15.0. The Morgan fingerprint density at radius 1 is 1.26 bits per heavy atom. The van der Waals surface area contributed by atoms with Gasteiger partial charge in [0.1, 0.15) is 0 Å². The maximum atomic E-state index is 15.0. The van der Waals surface area contributed by atoms with Crippen molar-refractivity contribution in [2.24, 2.45) is 5.73 Å². The van der Waals surface area contributed by atoms with Crippen LogP contribution in [0.2, 0.25) is 0 Å². The molecular formula is C24H20F2ILrN2O3S-3. The third-order valence-electron chi connectivity index (χ3n) is 4.81. The summed E-state index contributed by atoms with van der Waals surface area (Å²) in [6.07, 6.45) is 10.8. The number of carbonyl (C=O) groups is 1. The molecule has 3 aliphatic rings. The number of amides is 1. The molecule has 4 rings (SSSR count). The van der Waals surface area contributed by atoms with Gasteiger partial charge in [-0.1, -0.05) is 0 Å². The Hall–Kier alpha value is -3.50. The summed E-state index contributed by atoms with van der Waals surface area (Å²) in [5.74, 6) is -1.49. The van der Waals surface area contributed by atoms with Crippen LogP contribution in [0.5, 0.6) is 0 Å². The van der Waals surface area contributed by atoms with Crippen LogP contribution in [-0.4, -0.2) is 17.7 Å². The molecule has 0 aromatic heterocycles. The third-order valence-corrected chi connectivity index (χ3v) is 7.41. The first kappa shape index (κ1) is 26.7. The Labute approximate surface area is 205 Å². The minimum atomic E-state index is -1.25. The molecule has 0 saturated carbocycles. The summed E-state index contributed by atoms with van der Waals surface area (Å²) in [7, 11) is 0. The summed E-state index contributed by atoms with van der Waals surface area (Å²) in [6, 6.07) is 4.24. The Morgan fingerprint density at radius 3 is 2.76 bits per heavy atom. The van der Waals surface area contributed by atoms with E-state index in [9.17, 15) is 14.0 Å². The van der Waals surface area contributed by atoms with Gasteiger partial charge in [0.15, 0.2) is 0 Å². The quantitative estimate of drug-likeness (QED) is 0.117. The van der Waals surface area contributed by atoms with Crippen LogP contribution in [0, 0.1) is 28.7 Å². The number of nitrogens with two attached hydrogens (primary N) is 1. The van der Waals surface area contributed by atoms with Gasteiger partial charge in [0.25, 0.3) is 0 Å². The fourth-order valence-electron chi connectivity index (χ4n) is 3.23. The SMILES string of the molecule is NC(CS)C(=O)N[I-]c1cc2oc3cc(=O)c(F)cc-3c(C3=CC[C-]=CC=C3)c2cc1F.[CH3-].[Lr]. The Bertz CT molecular complexity index is 1340. The summed E-state index contributed by atoms with van der Waals surface area (Å²) in [4.78, 5) is 23.9. The minimum absolute atomic E-state index is 0. The second-order valence-corrected chi connectivity index (χ2v) is 9.56. The maximum Gasteiger partial charge on any atom is 0 e. The molecule has 0 spiro atoms. The fraction of sp³-hybridized carbons (Fsp3) is 0.125. The Morgan fingerprint density at radius 2 is 2.03 bits per heavy atom.